The maximum Gasteiger partial charge on any atom is 0.254 e. The molecule has 1 amide bonds. The lowest BCUT2D eigenvalue weighted by molar-refractivity contribution is 0.0937. The molecule has 19 heavy (non-hydrogen) atoms. The second-order valence-electron chi connectivity index (χ2n) is 5.36. The van der Waals surface area contributed by atoms with Crippen molar-refractivity contribution in [1.82, 2.24) is 10.3 Å². The van der Waals surface area contributed by atoms with Crippen molar-refractivity contribution in [3.63, 3.8) is 0 Å². The Morgan fingerprint density at radius 2 is 2.05 bits per heavy atom. The van der Waals surface area contributed by atoms with E-state index in [9.17, 15) is 9.18 Å². The van der Waals surface area contributed by atoms with Gasteiger partial charge in [-0.3, -0.25) is 9.78 Å². The minimum atomic E-state index is -0.560. The molecule has 1 fully saturated rings. The van der Waals surface area contributed by atoms with Crippen LogP contribution in [0.1, 0.15) is 49.4 Å². The third-order valence-corrected chi connectivity index (χ3v) is 4.11. The summed E-state index contributed by atoms with van der Waals surface area (Å²) >= 11 is 0. The van der Waals surface area contributed by atoms with E-state index < -0.39 is 5.82 Å². The molecule has 1 aromatic heterocycles. The summed E-state index contributed by atoms with van der Waals surface area (Å²) in [6, 6.07) is 1.42. The number of halogens is 1. The summed E-state index contributed by atoms with van der Waals surface area (Å²) in [5.41, 5.74) is 0.0808. The number of carbonyl (C=O) groups excluding carboxylic acids is 1. The molecule has 0 unspecified atom stereocenters. The van der Waals surface area contributed by atoms with E-state index in [-0.39, 0.29) is 11.5 Å². The highest BCUT2D eigenvalue weighted by Crippen LogP contribution is 2.30. The standard InChI is InChI=1S/C15H21FN2O/c1-2-11-3-5-12(6-4-11)9-18-15(19)13-7-8-17-10-14(13)16/h7-8,10-12H,2-6,9H2,1H3,(H,18,19). The van der Waals surface area contributed by atoms with Gasteiger partial charge in [-0.15, -0.1) is 0 Å². The molecule has 0 spiro atoms. The molecule has 1 saturated carbocycles. The molecule has 0 saturated heterocycles. The summed E-state index contributed by atoms with van der Waals surface area (Å²) in [7, 11) is 0. The quantitative estimate of drug-likeness (QED) is 0.907. The van der Waals surface area contributed by atoms with Gasteiger partial charge in [-0.2, -0.15) is 0 Å². The molecule has 1 aliphatic rings. The van der Waals surface area contributed by atoms with Crippen molar-refractivity contribution in [2.24, 2.45) is 11.8 Å². The summed E-state index contributed by atoms with van der Waals surface area (Å²) in [5.74, 6) is 0.494. The van der Waals surface area contributed by atoms with Crippen molar-refractivity contribution in [1.29, 1.82) is 0 Å². The number of nitrogens with zero attached hydrogens (tertiary/aromatic N) is 1. The Labute approximate surface area is 113 Å². The molecule has 3 nitrogen and oxygen atoms in total. The molecule has 1 aliphatic carbocycles. The number of pyridine rings is 1. The van der Waals surface area contributed by atoms with Crippen LogP contribution in [0.5, 0.6) is 0 Å². The van der Waals surface area contributed by atoms with Crippen LogP contribution in [-0.4, -0.2) is 17.4 Å². The second kappa shape index (κ2) is 6.64. The molecule has 1 aromatic rings. The first-order valence-corrected chi connectivity index (χ1v) is 7.08. The number of carbonyl (C=O) groups is 1. The van der Waals surface area contributed by atoms with Crippen LogP contribution >= 0.6 is 0 Å². The van der Waals surface area contributed by atoms with Crippen LogP contribution < -0.4 is 5.32 Å². The van der Waals surface area contributed by atoms with E-state index in [2.05, 4.69) is 17.2 Å². The first-order chi connectivity index (χ1) is 9.20. The van der Waals surface area contributed by atoms with Gasteiger partial charge in [0.05, 0.1) is 11.8 Å². The van der Waals surface area contributed by atoms with Crippen LogP contribution in [0.25, 0.3) is 0 Å². The molecule has 2 rings (SSSR count). The first kappa shape index (κ1) is 14.0. The molecule has 1 N–H and O–H groups in total. The molecule has 4 heteroatoms. The number of rotatable bonds is 4. The number of amides is 1. The van der Waals surface area contributed by atoms with E-state index in [0.717, 1.165) is 25.0 Å². The average molecular weight is 264 g/mol. The third kappa shape index (κ3) is 3.75. The van der Waals surface area contributed by atoms with E-state index in [1.165, 1.54) is 31.5 Å². The minimum Gasteiger partial charge on any atom is -0.352 e. The summed E-state index contributed by atoms with van der Waals surface area (Å²) in [5, 5.41) is 2.84. The average Bonchev–Trinajstić information content (AvgIpc) is 2.46. The molecule has 0 aliphatic heterocycles. The highest BCUT2D eigenvalue weighted by Gasteiger charge is 2.21. The Morgan fingerprint density at radius 3 is 2.68 bits per heavy atom. The van der Waals surface area contributed by atoms with E-state index >= 15 is 0 Å². The van der Waals surface area contributed by atoms with E-state index in [1.54, 1.807) is 0 Å². The molecule has 0 radical (unpaired) electrons. The Kier molecular flexibility index (Phi) is 4.88. The normalized spacial score (nSPS) is 23.1. The Morgan fingerprint density at radius 1 is 1.37 bits per heavy atom. The number of hydrogen-bond donors (Lipinski definition) is 1. The Balaban J connectivity index is 1.80. The first-order valence-electron chi connectivity index (χ1n) is 7.08. The molecule has 0 bridgehead atoms. The third-order valence-electron chi connectivity index (χ3n) is 4.11. The van der Waals surface area contributed by atoms with Crippen LogP contribution in [-0.2, 0) is 0 Å². The van der Waals surface area contributed by atoms with Gasteiger partial charge in [0.25, 0.3) is 5.91 Å². The van der Waals surface area contributed by atoms with Gasteiger partial charge >= 0.3 is 0 Å². The van der Waals surface area contributed by atoms with Gasteiger partial charge < -0.3 is 5.32 Å². The van der Waals surface area contributed by atoms with Crippen molar-refractivity contribution in [3.8, 4) is 0 Å². The fraction of sp³-hybridized carbons (Fsp3) is 0.600. The zero-order valence-corrected chi connectivity index (χ0v) is 11.4. The Hall–Kier alpha value is -1.45. The van der Waals surface area contributed by atoms with Gasteiger partial charge in [0, 0.05) is 12.7 Å². The lowest BCUT2D eigenvalue weighted by atomic mass is 9.81. The Bertz CT molecular complexity index is 428. The van der Waals surface area contributed by atoms with Crippen molar-refractivity contribution < 1.29 is 9.18 Å². The fourth-order valence-corrected chi connectivity index (χ4v) is 2.74. The fourth-order valence-electron chi connectivity index (χ4n) is 2.74. The van der Waals surface area contributed by atoms with E-state index in [1.807, 2.05) is 0 Å². The maximum atomic E-state index is 13.4. The topological polar surface area (TPSA) is 42.0 Å². The number of hydrogen-bond acceptors (Lipinski definition) is 2. The van der Waals surface area contributed by atoms with Crippen molar-refractivity contribution in [2.75, 3.05) is 6.54 Å². The van der Waals surface area contributed by atoms with Crippen LogP contribution in [0, 0.1) is 17.7 Å². The van der Waals surface area contributed by atoms with Gasteiger partial charge in [-0.05, 0) is 30.7 Å². The minimum absolute atomic E-state index is 0.0808. The van der Waals surface area contributed by atoms with Gasteiger partial charge in [-0.25, -0.2) is 4.39 Å². The van der Waals surface area contributed by atoms with Crippen molar-refractivity contribution in [3.05, 3.63) is 29.8 Å². The second-order valence-corrected chi connectivity index (χ2v) is 5.36. The van der Waals surface area contributed by atoms with Gasteiger partial charge in [-0.1, -0.05) is 26.2 Å². The maximum absolute atomic E-state index is 13.4. The highest BCUT2D eigenvalue weighted by atomic mass is 19.1. The molecule has 0 atom stereocenters. The van der Waals surface area contributed by atoms with Gasteiger partial charge in [0.1, 0.15) is 0 Å². The molecular formula is C15H21FN2O. The van der Waals surface area contributed by atoms with E-state index in [4.69, 9.17) is 0 Å². The predicted octanol–water partition coefficient (Wildman–Crippen LogP) is 3.17. The number of nitrogens with one attached hydrogen (secondary N) is 1. The summed E-state index contributed by atoms with van der Waals surface area (Å²) in [6.07, 6.45) is 8.59. The zero-order chi connectivity index (χ0) is 13.7. The van der Waals surface area contributed by atoms with Gasteiger partial charge in [0.2, 0.25) is 0 Å². The smallest absolute Gasteiger partial charge is 0.254 e. The monoisotopic (exact) mass is 264 g/mol. The molecule has 1 heterocycles. The summed E-state index contributed by atoms with van der Waals surface area (Å²) < 4.78 is 13.4. The molecule has 104 valence electrons. The zero-order valence-electron chi connectivity index (χ0n) is 11.4. The summed E-state index contributed by atoms with van der Waals surface area (Å²) in [4.78, 5) is 15.5. The highest BCUT2D eigenvalue weighted by molar-refractivity contribution is 5.94. The van der Waals surface area contributed by atoms with Crippen molar-refractivity contribution >= 4 is 5.91 Å². The summed E-state index contributed by atoms with van der Waals surface area (Å²) in [6.45, 7) is 2.88. The lowest BCUT2D eigenvalue weighted by Crippen LogP contribution is -2.31. The van der Waals surface area contributed by atoms with Gasteiger partial charge in [0.15, 0.2) is 5.82 Å². The lowest BCUT2D eigenvalue weighted by Gasteiger charge is -2.27. The van der Waals surface area contributed by atoms with E-state index in [0.29, 0.717) is 12.5 Å². The number of aromatic nitrogens is 1. The largest absolute Gasteiger partial charge is 0.352 e. The SMILES string of the molecule is CCC1CCC(CNC(=O)c2ccncc2F)CC1. The predicted molar refractivity (Wildman–Crippen MR) is 72.3 cm³/mol. The molecular weight excluding hydrogens is 243 g/mol. The van der Waals surface area contributed by atoms with Crippen LogP contribution in [0.2, 0.25) is 0 Å². The van der Waals surface area contributed by atoms with Crippen LogP contribution in [0.3, 0.4) is 0 Å². The molecule has 0 aromatic carbocycles. The van der Waals surface area contributed by atoms with Crippen molar-refractivity contribution in [2.45, 2.75) is 39.0 Å². The van der Waals surface area contributed by atoms with Crippen LogP contribution in [0.15, 0.2) is 18.5 Å². The van der Waals surface area contributed by atoms with Crippen LogP contribution in [0.4, 0.5) is 4.39 Å².